The molecule has 6 N–H and O–H groups in total. The molecule has 8 nitrogen and oxygen atoms in total. The molecular weight excluding hydrogens is 178 g/mol. The number of urea groups is 1. The van der Waals surface area contributed by atoms with Crippen LogP contribution in [0.1, 0.15) is 0 Å². The Bertz CT molecular complexity index is 309. The van der Waals surface area contributed by atoms with Crippen LogP contribution in [0, 0.1) is 0 Å². The summed E-state index contributed by atoms with van der Waals surface area (Å²) in [4.78, 5) is 35.5. The zero-order valence-electron chi connectivity index (χ0n) is 6.40. The summed E-state index contributed by atoms with van der Waals surface area (Å²) >= 11 is 0. The summed E-state index contributed by atoms with van der Waals surface area (Å²) < 4.78 is 0. The first kappa shape index (κ1) is 8.97. The highest BCUT2D eigenvalue weighted by atomic mass is 16.2. The Labute approximate surface area is 72.4 Å². The van der Waals surface area contributed by atoms with Gasteiger partial charge in [-0.3, -0.25) is 14.9 Å². The van der Waals surface area contributed by atoms with E-state index in [9.17, 15) is 14.4 Å². The quantitative estimate of drug-likeness (QED) is 0.323. The maximum absolute atomic E-state index is 11.0. The van der Waals surface area contributed by atoms with Crippen molar-refractivity contribution in [3.8, 4) is 0 Å². The minimum absolute atomic E-state index is 0.294. The van der Waals surface area contributed by atoms with Crippen LogP contribution >= 0.6 is 0 Å². The van der Waals surface area contributed by atoms with Crippen molar-refractivity contribution in [1.29, 1.82) is 0 Å². The minimum atomic E-state index is -1.38. The second-order valence-corrected chi connectivity index (χ2v) is 2.27. The number of aliphatic imine (C=N–C) groups is 1. The molecule has 1 rings (SSSR count). The lowest BCUT2D eigenvalue weighted by molar-refractivity contribution is -0.130. The topological polar surface area (TPSA) is 140 Å². The van der Waals surface area contributed by atoms with E-state index < -0.39 is 23.9 Å². The van der Waals surface area contributed by atoms with Crippen LogP contribution in [0.2, 0.25) is 0 Å². The van der Waals surface area contributed by atoms with E-state index in [0.29, 0.717) is 0 Å². The maximum Gasteiger partial charge on any atom is 0.313 e. The molecular formula is C5H7N5O3. The summed E-state index contributed by atoms with van der Waals surface area (Å²) in [7, 11) is 0. The van der Waals surface area contributed by atoms with Gasteiger partial charge in [-0.1, -0.05) is 0 Å². The molecule has 1 atom stereocenters. The van der Waals surface area contributed by atoms with Gasteiger partial charge in [-0.15, -0.1) is 0 Å². The van der Waals surface area contributed by atoms with E-state index in [4.69, 9.17) is 11.5 Å². The second-order valence-electron chi connectivity index (χ2n) is 2.27. The van der Waals surface area contributed by atoms with E-state index in [2.05, 4.69) is 10.3 Å². The molecule has 70 valence electrons. The van der Waals surface area contributed by atoms with Crippen molar-refractivity contribution in [2.24, 2.45) is 16.5 Å². The zero-order valence-corrected chi connectivity index (χ0v) is 6.40. The third-order valence-corrected chi connectivity index (χ3v) is 1.28. The van der Waals surface area contributed by atoms with Crippen molar-refractivity contribution in [3.05, 3.63) is 0 Å². The molecule has 0 aromatic carbocycles. The SMILES string of the molecule is NC(=O)NC1C(=O)N=C(N)NC1=O. The standard InChI is InChI=1S/C5H7N5O3/c6-4-9-2(11)1(3(12)10-4)8-5(7)13/h1H,(H3,7,8,13)(H3,6,9,10,11,12). The first-order valence-electron chi connectivity index (χ1n) is 3.25. The number of nitrogens with one attached hydrogen (secondary N) is 2. The Morgan fingerprint density at radius 2 is 2.15 bits per heavy atom. The number of primary amides is 1. The van der Waals surface area contributed by atoms with Crippen LogP contribution in [0.5, 0.6) is 0 Å². The minimum Gasteiger partial charge on any atom is -0.369 e. The van der Waals surface area contributed by atoms with E-state index in [1.165, 1.54) is 0 Å². The van der Waals surface area contributed by atoms with Gasteiger partial charge in [0.15, 0.2) is 6.04 Å². The summed E-state index contributed by atoms with van der Waals surface area (Å²) in [6.07, 6.45) is 0. The van der Waals surface area contributed by atoms with Gasteiger partial charge >= 0.3 is 6.03 Å². The van der Waals surface area contributed by atoms with Crippen LogP contribution in [0.25, 0.3) is 0 Å². The maximum atomic E-state index is 11.0. The van der Waals surface area contributed by atoms with Crippen molar-refractivity contribution in [3.63, 3.8) is 0 Å². The van der Waals surface area contributed by atoms with Gasteiger partial charge < -0.3 is 16.8 Å². The molecule has 1 heterocycles. The van der Waals surface area contributed by atoms with Crippen molar-refractivity contribution in [1.82, 2.24) is 10.6 Å². The predicted molar refractivity (Wildman–Crippen MR) is 41.3 cm³/mol. The van der Waals surface area contributed by atoms with E-state index in [0.717, 1.165) is 0 Å². The zero-order chi connectivity index (χ0) is 10.0. The number of guanidine groups is 1. The highest BCUT2D eigenvalue weighted by molar-refractivity contribution is 6.18. The molecule has 0 fully saturated rings. The Kier molecular flexibility index (Phi) is 2.13. The molecule has 0 aliphatic carbocycles. The lowest BCUT2D eigenvalue weighted by Gasteiger charge is -2.17. The molecule has 13 heavy (non-hydrogen) atoms. The largest absolute Gasteiger partial charge is 0.369 e. The van der Waals surface area contributed by atoms with Gasteiger partial charge in [0.25, 0.3) is 11.8 Å². The highest BCUT2D eigenvalue weighted by Crippen LogP contribution is 1.94. The molecule has 1 unspecified atom stereocenters. The number of carbonyl (C=O) groups excluding carboxylic acids is 3. The van der Waals surface area contributed by atoms with Crippen LogP contribution in [-0.4, -0.2) is 29.8 Å². The van der Waals surface area contributed by atoms with Crippen LogP contribution in [0.4, 0.5) is 4.79 Å². The number of carbonyl (C=O) groups is 3. The summed E-state index contributed by atoms with van der Waals surface area (Å²) in [6, 6.07) is -2.37. The van der Waals surface area contributed by atoms with Crippen molar-refractivity contribution < 1.29 is 14.4 Å². The highest BCUT2D eigenvalue weighted by Gasteiger charge is 2.31. The third kappa shape index (κ3) is 1.92. The number of nitrogens with two attached hydrogens (primary N) is 2. The van der Waals surface area contributed by atoms with Crippen molar-refractivity contribution in [2.75, 3.05) is 0 Å². The number of hydrogen-bond acceptors (Lipinski definition) is 4. The molecule has 0 radical (unpaired) electrons. The summed E-state index contributed by atoms with van der Waals surface area (Å²) in [6.45, 7) is 0. The summed E-state index contributed by atoms with van der Waals surface area (Å²) in [5.41, 5.74) is 9.78. The Morgan fingerprint density at radius 1 is 1.54 bits per heavy atom. The molecule has 0 aromatic heterocycles. The fourth-order valence-corrected chi connectivity index (χ4v) is 0.791. The molecule has 0 aromatic rings. The fraction of sp³-hybridized carbons (Fsp3) is 0.200. The summed E-state index contributed by atoms with van der Waals surface area (Å²) in [5, 5.41) is 3.98. The first-order valence-corrected chi connectivity index (χ1v) is 3.25. The molecule has 1 aliphatic rings. The van der Waals surface area contributed by atoms with E-state index in [-0.39, 0.29) is 5.96 Å². The van der Waals surface area contributed by atoms with Crippen molar-refractivity contribution >= 4 is 23.8 Å². The fourth-order valence-electron chi connectivity index (χ4n) is 0.791. The first-order chi connectivity index (χ1) is 6.00. The van der Waals surface area contributed by atoms with Gasteiger partial charge in [-0.05, 0) is 0 Å². The lowest BCUT2D eigenvalue weighted by atomic mass is 10.2. The van der Waals surface area contributed by atoms with Gasteiger partial charge in [-0.25, -0.2) is 4.79 Å². The van der Waals surface area contributed by atoms with Crippen LogP contribution < -0.4 is 22.1 Å². The number of amides is 4. The van der Waals surface area contributed by atoms with Gasteiger partial charge in [0.1, 0.15) is 0 Å². The normalized spacial score (nSPS) is 21.8. The molecule has 0 saturated carbocycles. The molecule has 1 aliphatic heterocycles. The van der Waals surface area contributed by atoms with E-state index in [1.54, 1.807) is 0 Å². The Hall–Kier alpha value is -2.12. The smallest absolute Gasteiger partial charge is 0.313 e. The third-order valence-electron chi connectivity index (χ3n) is 1.28. The van der Waals surface area contributed by atoms with E-state index in [1.807, 2.05) is 5.32 Å². The van der Waals surface area contributed by atoms with Crippen LogP contribution in [0.15, 0.2) is 4.99 Å². The van der Waals surface area contributed by atoms with Gasteiger partial charge in [-0.2, -0.15) is 4.99 Å². The average molecular weight is 185 g/mol. The van der Waals surface area contributed by atoms with Crippen molar-refractivity contribution in [2.45, 2.75) is 6.04 Å². The Morgan fingerprint density at radius 3 is 2.62 bits per heavy atom. The monoisotopic (exact) mass is 185 g/mol. The molecule has 0 saturated heterocycles. The van der Waals surface area contributed by atoms with Gasteiger partial charge in [0.2, 0.25) is 5.96 Å². The van der Waals surface area contributed by atoms with Gasteiger partial charge in [0.05, 0.1) is 0 Å². The molecule has 8 heteroatoms. The number of rotatable bonds is 1. The van der Waals surface area contributed by atoms with E-state index >= 15 is 0 Å². The van der Waals surface area contributed by atoms with Crippen LogP contribution in [0.3, 0.4) is 0 Å². The summed E-state index contributed by atoms with van der Waals surface area (Å²) in [5.74, 6) is -1.89. The molecule has 4 amide bonds. The molecule has 0 bridgehead atoms. The lowest BCUT2D eigenvalue weighted by Crippen LogP contribution is -2.58. The predicted octanol–water partition coefficient (Wildman–Crippen LogP) is -3.01. The Balaban J connectivity index is 2.81. The second kappa shape index (κ2) is 3.09. The average Bonchev–Trinajstić information content (AvgIpc) is 1.96. The number of hydrogen-bond donors (Lipinski definition) is 4. The van der Waals surface area contributed by atoms with Gasteiger partial charge in [0, 0.05) is 0 Å². The molecule has 0 spiro atoms. The number of nitrogens with zero attached hydrogens (tertiary/aromatic N) is 1. The van der Waals surface area contributed by atoms with Crippen LogP contribution in [-0.2, 0) is 9.59 Å².